The second kappa shape index (κ2) is 4.74. The predicted octanol–water partition coefficient (Wildman–Crippen LogP) is 5.46. The molecule has 0 radical (unpaired) electrons. The first-order valence-corrected chi connectivity index (χ1v) is 9.67. The van der Waals surface area contributed by atoms with Gasteiger partial charge in [0.15, 0.2) is 0 Å². The summed E-state index contributed by atoms with van der Waals surface area (Å²) < 4.78 is 0. The Hall–Kier alpha value is -0.520. The van der Waals surface area contributed by atoms with Gasteiger partial charge in [-0.2, -0.15) is 0 Å². The first-order chi connectivity index (χ1) is 10.4. The van der Waals surface area contributed by atoms with E-state index < -0.39 is 0 Å². The van der Waals surface area contributed by atoms with Crippen LogP contribution in [0.5, 0.6) is 0 Å². The standard InChI is InChI=1S/C21H30/c1-2-16-17-12-18(19(16)13-7-4-3-5-8-13)21-15-10-6-9-14(11-15)20(17)21/h2,6,9,13-21H,1,3-5,7-8,10-12H2. The van der Waals surface area contributed by atoms with Gasteiger partial charge >= 0.3 is 0 Å². The van der Waals surface area contributed by atoms with Crippen molar-refractivity contribution in [3.05, 3.63) is 24.8 Å². The van der Waals surface area contributed by atoms with Crippen LogP contribution >= 0.6 is 0 Å². The van der Waals surface area contributed by atoms with Gasteiger partial charge in [0.2, 0.25) is 0 Å². The quantitative estimate of drug-likeness (QED) is 0.466. The Morgan fingerprint density at radius 1 is 0.857 bits per heavy atom. The van der Waals surface area contributed by atoms with Crippen LogP contribution in [0.15, 0.2) is 24.8 Å². The second-order valence-electron chi connectivity index (χ2n) is 8.83. The maximum absolute atomic E-state index is 4.29. The third kappa shape index (κ3) is 1.68. The first kappa shape index (κ1) is 13.0. The zero-order valence-corrected chi connectivity index (χ0v) is 13.3. The molecule has 5 aliphatic rings. The fourth-order valence-electron chi connectivity index (χ4n) is 7.93. The lowest BCUT2D eigenvalue weighted by molar-refractivity contribution is 0.0574. The molecular formula is C21H30. The topological polar surface area (TPSA) is 0 Å². The van der Waals surface area contributed by atoms with Crippen molar-refractivity contribution < 1.29 is 0 Å². The van der Waals surface area contributed by atoms with Gasteiger partial charge in [-0.3, -0.25) is 0 Å². The van der Waals surface area contributed by atoms with Gasteiger partial charge in [0.25, 0.3) is 0 Å². The SMILES string of the molecule is C=CC1C2CC(C1C1CCCCC1)C1C3CC=CC(C3)C21. The lowest BCUT2D eigenvalue weighted by atomic mass is 9.61. The molecule has 8 unspecified atom stereocenters. The Bertz CT molecular complexity index is 455. The molecule has 0 spiro atoms. The summed E-state index contributed by atoms with van der Waals surface area (Å²) in [5.41, 5.74) is 0. The average Bonchev–Trinajstić information content (AvgIpc) is 3.17. The molecule has 0 nitrogen and oxygen atoms in total. The number of fused-ring (bicyclic) bond motifs is 9. The van der Waals surface area contributed by atoms with Crippen molar-refractivity contribution in [1.82, 2.24) is 0 Å². The molecule has 21 heavy (non-hydrogen) atoms. The first-order valence-electron chi connectivity index (χ1n) is 9.67. The van der Waals surface area contributed by atoms with E-state index >= 15 is 0 Å². The molecule has 8 atom stereocenters. The molecule has 4 fully saturated rings. The van der Waals surface area contributed by atoms with Gasteiger partial charge in [-0.1, -0.05) is 50.3 Å². The van der Waals surface area contributed by atoms with Crippen LogP contribution in [-0.4, -0.2) is 0 Å². The third-order valence-electron chi connectivity index (χ3n) is 8.31. The maximum atomic E-state index is 4.29. The minimum atomic E-state index is 0.868. The molecular weight excluding hydrogens is 252 g/mol. The van der Waals surface area contributed by atoms with Crippen LogP contribution in [0.2, 0.25) is 0 Å². The summed E-state index contributed by atoms with van der Waals surface area (Å²) in [6, 6.07) is 0. The molecule has 0 heterocycles. The summed E-state index contributed by atoms with van der Waals surface area (Å²) in [5.74, 6) is 9.14. The molecule has 4 saturated carbocycles. The Balaban J connectivity index is 1.48. The molecule has 0 heteroatoms. The van der Waals surface area contributed by atoms with E-state index in [1.807, 2.05) is 0 Å². The molecule has 0 saturated heterocycles. The summed E-state index contributed by atoms with van der Waals surface area (Å²) in [5, 5.41) is 0. The molecule has 5 rings (SSSR count). The monoisotopic (exact) mass is 282 g/mol. The van der Waals surface area contributed by atoms with E-state index in [-0.39, 0.29) is 0 Å². The highest BCUT2D eigenvalue weighted by Crippen LogP contribution is 2.70. The smallest absolute Gasteiger partial charge is 0.0171 e. The molecule has 0 aliphatic heterocycles. The van der Waals surface area contributed by atoms with E-state index in [4.69, 9.17) is 0 Å². The van der Waals surface area contributed by atoms with Crippen LogP contribution in [0.3, 0.4) is 0 Å². The number of hydrogen-bond donors (Lipinski definition) is 0. The maximum Gasteiger partial charge on any atom is -0.0171 e. The van der Waals surface area contributed by atoms with Crippen LogP contribution in [0.4, 0.5) is 0 Å². The van der Waals surface area contributed by atoms with E-state index in [0.29, 0.717) is 0 Å². The van der Waals surface area contributed by atoms with Crippen molar-refractivity contribution in [3.63, 3.8) is 0 Å². The highest BCUT2D eigenvalue weighted by Gasteiger charge is 2.64. The summed E-state index contributed by atoms with van der Waals surface area (Å²) in [4.78, 5) is 0. The second-order valence-corrected chi connectivity index (χ2v) is 8.83. The van der Waals surface area contributed by atoms with Crippen LogP contribution in [0, 0.1) is 53.3 Å². The van der Waals surface area contributed by atoms with Crippen LogP contribution in [0.25, 0.3) is 0 Å². The molecule has 0 amide bonds. The van der Waals surface area contributed by atoms with Crippen molar-refractivity contribution in [2.45, 2.75) is 51.4 Å². The third-order valence-corrected chi connectivity index (χ3v) is 8.31. The highest BCUT2D eigenvalue weighted by molar-refractivity contribution is 5.20. The minimum absolute atomic E-state index is 0.868. The zero-order valence-electron chi connectivity index (χ0n) is 13.3. The van der Waals surface area contributed by atoms with Crippen LogP contribution < -0.4 is 0 Å². The van der Waals surface area contributed by atoms with Crippen LogP contribution in [0.1, 0.15) is 51.4 Å². The van der Waals surface area contributed by atoms with Gasteiger partial charge < -0.3 is 0 Å². The summed E-state index contributed by atoms with van der Waals surface area (Å²) in [6.45, 7) is 4.29. The Morgan fingerprint density at radius 3 is 2.52 bits per heavy atom. The number of allylic oxidation sites excluding steroid dienone is 3. The lowest BCUT2D eigenvalue weighted by Gasteiger charge is -2.44. The van der Waals surface area contributed by atoms with Crippen molar-refractivity contribution >= 4 is 0 Å². The molecule has 114 valence electrons. The number of hydrogen-bond acceptors (Lipinski definition) is 0. The summed E-state index contributed by atoms with van der Waals surface area (Å²) in [7, 11) is 0. The Kier molecular flexibility index (Phi) is 2.92. The average molecular weight is 282 g/mol. The van der Waals surface area contributed by atoms with Gasteiger partial charge in [0, 0.05) is 0 Å². The van der Waals surface area contributed by atoms with Crippen molar-refractivity contribution in [2.75, 3.05) is 0 Å². The van der Waals surface area contributed by atoms with Crippen molar-refractivity contribution in [1.29, 1.82) is 0 Å². The predicted molar refractivity (Wildman–Crippen MR) is 87.7 cm³/mol. The normalized spacial score (nSPS) is 54.9. The molecule has 5 aliphatic carbocycles. The summed E-state index contributed by atoms with van der Waals surface area (Å²) >= 11 is 0. The highest BCUT2D eigenvalue weighted by atomic mass is 14.7. The van der Waals surface area contributed by atoms with Gasteiger partial charge in [0.1, 0.15) is 0 Å². The zero-order chi connectivity index (χ0) is 14.0. The minimum Gasteiger partial charge on any atom is -0.103 e. The molecule has 0 aromatic heterocycles. The van der Waals surface area contributed by atoms with Gasteiger partial charge in [-0.05, 0) is 72.5 Å². The van der Waals surface area contributed by atoms with E-state index in [0.717, 1.165) is 53.3 Å². The molecule has 0 N–H and O–H groups in total. The van der Waals surface area contributed by atoms with Crippen molar-refractivity contribution in [2.24, 2.45) is 53.3 Å². The van der Waals surface area contributed by atoms with Gasteiger partial charge in [-0.15, -0.1) is 6.58 Å². The fourth-order valence-corrected chi connectivity index (χ4v) is 7.93. The van der Waals surface area contributed by atoms with Crippen molar-refractivity contribution in [3.8, 4) is 0 Å². The van der Waals surface area contributed by atoms with E-state index in [2.05, 4.69) is 24.8 Å². The summed E-state index contributed by atoms with van der Waals surface area (Å²) in [6.07, 6.45) is 19.6. The van der Waals surface area contributed by atoms with E-state index in [1.165, 1.54) is 44.9 Å². The molecule has 0 aromatic carbocycles. The Labute approximate surface area is 130 Å². The molecule has 0 aromatic rings. The lowest BCUT2D eigenvalue weighted by Crippen LogP contribution is -2.39. The number of rotatable bonds is 2. The van der Waals surface area contributed by atoms with Gasteiger partial charge in [-0.25, -0.2) is 0 Å². The Morgan fingerprint density at radius 2 is 1.71 bits per heavy atom. The fraction of sp³-hybridized carbons (Fsp3) is 0.810. The van der Waals surface area contributed by atoms with E-state index in [9.17, 15) is 0 Å². The van der Waals surface area contributed by atoms with Gasteiger partial charge in [0.05, 0.1) is 0 Å². The van der Waals surface area contributed by atoms with E-state index in [1.54, 1.807) is 6.42 Å². The van der Waals surface area contributed by atoms with Crippen LogP contribution in [-0.2, 0) is 0 Å². The largest absolute Gasteiger partial charge is 0.103 e. The molecule has 4 bridgehead atoms.